The molecular formula is C15H21ClN2O2. The van der Waals surface area contributed by atoms with Crippen LogP contribution in [0.5, 0.6) is 0 Å². The molecule has 0 spiro atoms. The van der Waals surface area contributed by atoms with Crippen molar-refractivity contribution in [3.05, 3.63) is 28.8 Å². The zero-order chi connectivity index (χ0) is 14.7. The minimum absolute atomic E-state index is 0.00537. The number of hydrogen-bond donors (Lipinski definition) is 1. The zero-order valence-electron chi connectivity index (χ0n) is 12.1. The second-order valence-electron chi connectivity index (χ2n) is 5.23. The molecule has 0 bridgehead atoms. The number of rotatable bonds is 3. The molecular weight excluding hydrogens is 276 g/mol. The second kappa shape index (κ2) is 6.46. The number of carbonyl (C=O) groups excluding carboxylic acids is 1. The third-order valence-electron chi connectivity index (χ3n) is 3.96. The first-order chi connectivity index (χ1) is 9.56. The monoisotopic (exact) mass is 296 g/mol. The van der Waals surface area contributed by atoms with E-state index in [-0.39, 0.29) is 12.0 Å². The number of hydrogen-bond acceptors (Lipinski definition) is 3. The molecule has 1 aromatic carbocycles. The number of amides is 1. The van der Waals surface area contributed by atoms with Gasteiger partial charge in [-0.15, -0.1) is 0 Å². The number of benzene rings is 1. The highest BCUT2D eigenvalue weighted by Gasteiger charge is 2.30. The molecule has 4 nitrogen and oxygen atoms in total. The summed E-state index contributed by atoms with van der Waals surface area (Å²) >= 11 is 6.01. The van der Waals surface area contributed by atoms with Crippen molar-refractivity contribution in [2.75, 3.05) is 32.6 Å². The molecule has 1 aliphatic rings. The summed E-state index contributed by atoms with van der Waals surface area (Å²) in [7, 11) is 3.50. The third-order valence-corrected chi connectivity index (χ3v) is 4.20. The Labute approximate surface area is 125 Å². The van der Waals surface area contributed by atoms with Gasteiger partial charge in [0, 0.05) is 38.0 Å². The second-order valence-corrected chi connectivity index (χ2v) is 5.67. The number of halogens is 1. The maximum absolute atomic E-state index is 12.7. The van der Waals surface area contributed by atoms with Crippen molar-refractivity contribution in [3.63, 3.8) is 0 Å². The van der Waals surface area contributed by atoms with E-state index in [1.165, 1.54) is 0 Å². The van der Waals surface area contributed by atoms with Gasteiger partial charge in [-0.3, -0.25) is 4.79 Å². The maximum Gasteiger partial charge on any atom is 0.256 e. The summed E-state index contributed by atoms with van der Waals surface area (Å²) in [6, 6.07) is 5.33. The molecule has 110 valence electrons. The minimum atomic E-state index is 0.00537. The molecule has 0 radical (unpaired) electrons. The summed E-state index contributed by atoms with van der Waals surface area (Å²) in [5, 5.41) is 3.61. The summed E-state index contributed by atoms with van der Waals surface area (Å²) < 4.78 is 5.46. The van der Waals surface area contributed by atoms with Crippen LogP contribution in [-0.4, -0.2) is 44.2 Å². The zero-order valence-corrected chi connectivity index (χ0v) is 12.9. The number of likely N-dealkylation sites (tertiary alicyclic amines) is 1. The van der Waals surface area contributed by atoms with Crippen LogP contribution in [0.3, 0.4) is 0 Å². The van der Waals surface area contributed by atoms with Crippen molar-refractivity contribution in [1.29, 1.82) is 0 Å². The molecule has 0 aliphatic carbocycles. The number of anilines is 1. The Morgan fingerprint density at radius 3 is 2.90 bits per heavy atom. The lowest BCUT2D eigenvalue weighted by molar-refractivity contribution is -0.00153. The van der Waals surface area contributed by atoms with Gasteiger partial charge in [0.15, 0.2) is 0 Å². The predicted molar refractivity (Wildman–Crippen MR) is 81.5 cm³/mol. The molecule has 0 saturated carbocycles. The van der Waals surface area contributed by atoms with Gasteiger partial charge >= 0.3 is 0 Å². The molecule has 1 aromatic rings. The van der Waals surface area contributed by atoms with E-state index in [1.807, 2.05) is 11.0 Å². The SMILES string of the molecule is CNc1ccc(Cl)cc1C(=O)N1CCC(C)C(OC)C1. The van der Waals surface area contributed by atoms with Crippen LogP contribution in [0.4, 0.5) is 5.69 Å². The lowest BCUT2D eigenvalue weighted by atomic mass is 9.95. The Morgan fingerprint density at radius 2 is 2.25 bits per heavy atom. The van der Waals surface area contributed by atoms with Crippen molar-refractivity contribution in [2.24, 2.45) is 5.92 Å². The summed E-state index contributed by atoms with van der Waals surface area (Å²) in [6.45, 7) is 3.55. The van der Waals surface area contributed by atoms with Crippen molar-refractivity contribution in [1.82, 2.24) is 4.90 Å². The van der Waals surface area contributed by atoms with Crippen molar-refractivity contribution in [2.45, 2.75) is 19.4 Å². The van der Waals surface area contributed by atoms with E-state index < -0.39 is 0 Å². The average Bonchev–Trinajstić information content (AvgIpc) is 2.47. The fourth-order valence-electron chi connectivity index (χ4n) is 2.61. The highest BCUT2D eigenvalue weighted by atomic mass is 35.5. The summed E-state index contributed by atoms with van der Waals surface area (Å²) in [6.07, 6.45) is 1.06. The van der Waals surface area contributed by atoms with Crippen LogP contribution in [0, 0.1) is 5.92 Å². The highest BCUT2D eigenvalue weighted by Crippen LogP contribution is 2.25. The van der Waals surface area contributed by atoms with E-state index >= 15 is 0 Å². The highest BCUT2D eigenvalue weighted by molar-refractivity contribution is 6.31. The Morgan fingerprint density at radius 1 is 1.50 bits per heavy atom. The van der Waals surface area contributed by atoms with Crippen LogP contribution in [0.2, 0.25) is 5.02 Å². The maximum atomic E-state index is 12.7. The average molecular weight is 297 g/mol. The van der Waals surface area contributed by atoms with Gasteiger partial charge in [0.2, 0.25) is 0 Å². The first kappa shape index (κ1) is 15.1. The van der Waals surface area contributed by atoms with Gasteiger partial charge < -0.3 is 15.0 Å². The standard InChI is InChI=1S/C15H21ClN2O2/c1-10-6-7-18(9-14(10)20-3)15(19)12-8-11(16)4-5-13(12)17-2/h4-5,8,10,14,17H,6-7,9H2,1-3H3. The molecule has 20 heavy (non-hydrogen) atoms. The quantitative estimate of drug-likeness (QED) is 0.932. The van der Waals surface area contributed by atoms with E-state index in [1.54, 1.807) is 26.3 Å². The molecule has 1 amide bonds. The van der Waals surface area contributed by atoms with E-state index in [0.29, 0.717) is 23.0 Å². The number of carbonyl (C=O) groups is 1. The Balaban J connectivity index is 2.21. The lowest BCUT2D eigenvalue weighted by Gasteiger charge is -2.36. The van der Waals surface area contributed by atoms with E-state index in [2.05, 4.69) is 12.2 Å². The van der Waals surface area contributed by atoms with Gasteiger partial charge in [0.25, 0.3) is 5.91 Å². The van der Waals surface area contributed by atoms with E-state index in [4.69, 9.17) is 16.3 Å². The van der Waals surface area contributed by atoms with Crippen LogP contribution in [0.25, 0.3) is 0 Å². The lowest BCUT2D eigenvalue weighted by Crippen LogP contribution is -2.46. The fourth-order valence-corrected chi connectivity index (χ4v) is 2.78. The van der Waals surface area contributed by atoms with Crippen molar-refractivity contribution < 1.29 is 9.53 Å². The Hall–Kier alpha value is -1.26. The van der Waals surface area contributed by atoms with Gasteiger partial charge in [-0.25, -0.2) is 0 Å². The predicted octanol–water partition coefficient (Wildman–Crippen LogP) is 2.88. The minimum Gasteiger partial charge on any atom is -0.387 e. The first-order valence-electron chi connectivity index (χ1n) is 6.86. The molecule has 2 unspecified atom stereocenters. The Kier molecular flexibility index (Phi) is 4.89. The first-order valence-corrected chi connectivity index (χ1v) is 7.24. The van der Waals surface area contributed by atoms with Gasteiger partial charge in [-0.2, -0.15) is 0 Å². The van der Waals surface area contributed by atoms with Gasteiger partial charge in [0.05, 0.1) is 11.7 Å². The van der Waals surface area contributed by atoms with Gasteiger partial charge in [-0.1, -0.05) is 18.5 Å². The molecule has 1 aliphatic heterocycles. The van der Waals surface area contributed by atoms with Crippen LogP contribution in [0.15, 0.2) is 18.2 Å². The Bertz CT molecular complexity index is 493. The van der Waals surface area contributed by atoms with Gasteiger partial charge in [-0.05, 0) is 30.5 Å². The number of methoxy groups -OCH3 is 1. The molecule has 1 saturated heterocycles. The van der Waals surface area contributed by atoms with E-state index in [0.717, 1.165) is 18.7 Å². The van der Waals surface area contributed by atoms with Crippen LogP contribution in [0.1, 0.15) is 23.7 Å². The number of piperidine rings is 1. The molecule has 2 atom stereocenters. The molecule has 1 N–H and O–H groups in total. The fraction of sp³-hybridized carbons (Fsp3) is 0.533. The topological polar surface area (TPSA) is 41.6 Å². The van der Waals surface area contributed by atoms with Crippen LogP contribution < -0.4 is 5.32 Å². The molecule has 1 fully saturated rings. The summed E-state index contributed by atoms with van der Waals surface area (Å²) in [5.41, 5.74) is 1.41. The normalized spacial score (nSPS) is 22.7. The smallest absolute Gasteiger partial charge is 0.256 e. The summed E-state index contributed by atoms with van der Waals surface area (Å²) in [5.74, 6) is 0.484. The number of nitrogens with one attached hydrogen (secondary N) is 1. The third kappa shape index (κ3) is 3.07. The van der Waals surface area contributed by atoms with Crippen molar-refractivity contribution >= 4 is 23.2 Å². The van der Waals surface area contributed by atoms with Crippen LogP contribution in [-0.2, 0) is 4.74 Å². The van der Waals surface area contributed by atoms with Gasteiger partial charge in [0.1, 0.15) is 0 Å². The number of ether oxygens (including phenoxy) is 1. The molecule has 0 aromatic heterocycles. The molecule has 5 heteroatoms. The van der Waals surface area contributed by atoms with Crippen molar-refractivity contribution in [3.8, 4) is 0 Å². The number of nitrogens with zero attached hydrogens (tertiary/aromatic N) is 1. The van der Waals surface area contributed by atoms with Crippen LogP contribution >= 0.6 is 11.6 Å². The van der Waals surface area contributed by atoms with E-state index in [9.17, 15) is 4.79 Å². The molecule has 1 heterocycles. The summed E-state index contributed by atoms with van der Waals surface area (Å²) in [4.78, 5) is 14.5. The largest absolute Gasteiger partial charge is 0.387 e. The molecule has 2 rings (SSSR count).